The zero-order valence-corrected chi connectivity index (χ0v) is 6.72. The van der Waals surface area contributed by atoms with E-state index >= 15 is 0 Å². The molecular weight excluding hydrogens is 197 g/mol. The van der Waals surface area contributed by atoms with Crippen LogP contribution in [0.1, 0.15) is 11.1 Å². The fourth-order valence-corrected chi connectivity index (χ4v) is 0.903. The number of nitrogens with zero attached hydrogens (tertiary/aromatic N) is 1. The fourth-order valence-electron chi connectivity index (χ4n) is 0.903. The van der Waals surface area contributed by atoms with E-state index in [0.717, 1.165) is 12.1 Å². The number of nitriles is 1. The van der Waals surface area contributed by atoms with Crippen molar-refractivity contribution in [2.45, 2.75) is 6.18 Å². The van der Waals surface area contributed by atoms with E-state index in [2.05, 4.69) is 0 Å². The molecule has 0 fully saturated rings. The summed E-state index contributed by atoms with van der Waals surface area (Å²) < 4.78 is 36.4. The number of hydrogen-bond acceptors (Lipinski definition) is 3. The maximum Gasteiger partial charge on any atom is 0.416 e. The Morgan fingerprint density at radius 3 is 2.43 bits per heavy atom. The van der Waals surface area contributed by atoms with Gasteiger partial charge in [0.05, 0.1) is 11.1 Å². The van der Waals surface area contributed by atoms with Gasteiger partial charge in [-0.15, -0.1) is 0 Å². The highest BCUT2D eigenvalue weighted by atomic mass is 19.4. The van der Waals surface area contributed by atoms with Gasteiger partial charge < -0.3 is 10.7 Å². The van der Waals surface area contributed by atoms with Crippen molar-refractivity contribution >= 4 is 5.69 Å². The first-order valence-electron chi connectivity index (χ1n) is 3.48. The number of rotatable bonds is 1. The highest BCUT2D eigenvalue weighted by Gasteiger charge is 2.30. The molecule has 0 saturated carbocycles. The van der Waals surface area contributed by atoms with Crippen molar-refractivity contribution in [2.75, 3.05) is 5.48 Å². The molecule has 0 radical (unpaired) electrons. The van der Waals surface area contributed by atoms with Crippen molar-refractivity contribution in [3.05, 3.63) is 34.5 Å². The summed E-state index contributed by atoms with van der Waals surface area (Å²) in [6.45, 7) is 0. The molecule has 1 aromatic carbocycles. The zero-order chi connectivity index (χ0) is 10.8. The van der Waals surface area contributed by atoms with Crippen molar-refractivity contribution in [1.82, 2.24) is 0 Å². The van der Waals surface area contributed by atoms with E-state index in [1.807, 2.05) is 0 Å². The molecule has 0 saturated heterocycles. The number of halogens is 3. The highest BCUT2D eigenvalue weighted by Crippen LogP contribution is 2.31. The van der Waals surface area contributed by atoms with Crippen molar-refractivity contribution in [2.24, 2.45) is 0 Å². The molecule has 0 aliphatic rings. The Kier molecular flexibility index (Phi) is 2.63. The number of anilines is 1. The smallest absolute Gasteiger partial charge is 0.416 e. The van der Waals surface area contributed by atoms with Crippen LogP contribution in [0, 0.1) is 16.5 Å². The molecule has 0 aliphatic heterocycles. The predicted molar refractivity (Wildman–Crippen MR) is 43.1 cm³/mol. The van der Waals surface area contributed by atoms with Crippen molar-refractivity contribution < 1.29 is 13.2 Å². The molecule has 0 heterocycles. The molecular formula is C8H4F3N2O-. The first kappa shape index (κ1) is 10.3. The lowest BCUT2D eigenvalue weighted by Crippen LogP contribution is -2.05. The van der Waals surface area contributed by atoms with Gasteiger partial charge >= 0.3 is 6.18 Å². The van der Waals surface area contributed by atoms with E-state index in [1.54, 1.807) is 6.07 Å². The number of hydrogen-bond donors (Lipinski definition) is 1. The second kappa shape index (κ2) is 3.55. The molecule has 1 N–H and O–H groups in total. The van der Waals surface area contributed by atoms with E-state index in [1.165, 1.54) is 5.48 Å². The van der Waals surface area contributed by atoms with Crippen LogP contribution in [0.4, 0.5) is 18.9 Å². The second-order valence-electron chi connectivity index (χ2n) is 2.47. The maximum absolute atomic E-state index is 12.1. The van der Waals surface area contributed by atoms with E-state index in [0.29, 0.717) is 6.07 Å². The fraction of sp³-hybridized carbons (Fsp3) is 0.125. The summed E-state index contributed by atoms with van der Waals surface area (Å²) in [5.41, 5.74) is -0.167. The molecule has 0 aromatic heterocycles. The summed E-state index contributed by atoms with van der Waals surface area (Å²) in [6, 6.07) is 3.89. The standard InChI is InChI=1S/C8H4F3N2O/c9-8(10,11)6-2-1-5(4-12)7(3-6)13-14/h1-3,13H/q-1. The quantitative estimate of drug-likeness (QED) is 0.710. The third-order valence-electron chi connectivity index (χ3n) is 1.58. The molecule has 0 bridgehead atoms. The van der Waals surface area contributed by atoms with Crippen LogP contribution in [0.2, 0.25) is 0 Å². The molecule has 3 nitrogen and oxygen atoms in total. The van der Waals surface area contributed by atoms with Gasteiger partial charge in [0.1, 0.15) is 6.07 Å². The van der Waals surface area contributed by atoms with Gasteiger partial charge in [-0.1, -0.05) is 0 Å². The van der Waals surface area contributed by atoms with Crippen molar-refractivity contribution in [1.29, 1.82) is 5.26 Å². The third kappa shape index (κ3) is 1.95. The first-order chi connectivity index (χ1) is 6.49. The molecule has 1 aromatic rings. The zero-order valence-electron chi connectivity index (χ0n) is 6.72. The van der Waals surface area contributed by atoms with E-state index in [-0.39, 0.29) is 11.3 Å². The van der Waals surface area contributed by atoms with Crippen molar-refractivity contribution in [3.63, 3.8) is 0 Å². The van der Waals surface area contributed by atoms with Crippen LogP contribution in [0.15, 0.2) is 18.2 Å². The van der Waals surface area contributed by atoms with Gasteiger partial charge in [0.15, 0.2) is 0 Å². The average molecular weight is 201 g/mol. The minimum atomic E-state index is -4.51. The van der Waals surface area contributed by atoms with Crippen molar-refractivity contribution in [3.8, 4) is 6.07 Å². The van der Waals surface area contributed by atoms with Gasteiger partial charge in [-0.25, -0.2) is 0 Å². The summed E-state index contributed by atoms with van der Waals surface area (Å²) in [4.78, 5) is 0. The molecule has 1 rings (SSSR count). The molecule has 6 heteroatoms. The highest BCUT2D eigenvalue weighted by molar-refractivity contribution is 5.59. The number of benzene rings is 1. The number of nitrogens with one attached hydrogen (secondary N) is 1. The summed E-state index contributed by atoms with van der Waals surface area (Å²) >= 11 is 0. The monoisotopic (exact) mass is 201 g/mol. The molecule has 14 heavy (non-hydrogen) atoms. The molecule has 74 valence electrons. The Balaban J connectivity index is 3.23. The largest absolute Gasteiger partial charge is 0.761 e. The summed E-state index contributed by atoms with van der Waals surface area (Å²) in [5, 5.41) is 18.7. The Morgan fingerprint density at radius 2 is 2.00 bits per heavy atom. The minimum absolute atomic E-state index is 0.118. The summed E-state index contributed by atoms with van der Waals surface area (Å²) in [6.07, 6.45) is -4.51. The molecule has 0 atom stereocenters. The van der Waals surface area contributed by atoms with E-state index in [4.69, 9.17) is 5.26 Å². The van der Waals surface area contributed by atoms with Gasteiger partial charge in [0.25, 0.3) is 0 Å². The summed E-state index contributed by atoms with van der Waals surface area (Å²) in [7, 11) is 0. The van der Waals surface area contributed by atoms with Crippen LogP contribution in [0.3, 0.4) is 0 Å². The van der Waals surface area contributed by atoms with Gasteiger partial charge in [0, 0.05) is 5.69 Å². The Morgan fingerprint density at radius 1 is 1.36 bits per heavy atom. The Bertz CT molecular complexity index is 381. The predicted octanol–water partition coefficient (Wildman–Crippen LogP) is 2.49. The Labute approximate surface area is 77.3 Å². The molecule has 0 unspecified atom stereocenters. The van der Waals surface area contributed by atoms with Crippen LogP contribution in [0.5, 0.6) is 0 Å². The van der Waals surface area contributed by atoms with Crippen LogP contribution in [-0.4, -0.2) is 0 Å². The maximum atomic E-state index is 12.1. The van der Waals surface area contributed by atoms with Gasteiger partial charge in [-0.3, -0.25) is 0 Å². The lowest BCUT2D eigenvalue weighted by atomic mass is 10.1. The van der Waals surface area contributed by atoms with Crippen LogP contribution < -0.4 is 5.48 Å². The topological polar surface area (TPSA) is 58.9 Å². The molecule has 0 amide bonds. The van der Waals surface area contributed by atoms with E-state index < -0.39 is 11.7 Å². The lowest BCUT2D eigenvalue weighted by Gasteiger charge is -2.14. The molecule has 0 aliphatic carbocycles. The summed E-state index contributed by atoms with van der Waals surface area (Å²) in [5.74, 6) is 0. The van der Waals surface area contributed by atoms with E-state index in [9.17, 15) is 18.4 Å². The third-order valence-corrected chi connectivity index (χ3v) is 1.58. The molecule has 0 spiro atoms. The second-order valence-corrected chi connectivity index (χ2v) is 2.47. The Hall–Kier alpha value is -1.74. The van der Waals surface area contributed by atoms with Gasteiger partial charge in [-0.05, 0) is 18.2 Å². The normalized spacial score (nSPS) is 10.8. The number of alkyl halides is 3. The lowest BCUT2D eigenvalue weighted by molar-refractivity contribution is -0.137. The SMILES string of the molecule is N#Cc1ccc(C(F)(F)F)cc1N[O-]. The van der Waals surface area contributed by atoms with Crippen LogP contribution in [0.25, 0.3) is 0 Å². The minimum Gasteiger partial charge on any atom is -0.761 e. The van der Waals surface area contributed by atoms with Crippen LogP contribution >= 0.6 is 0 Å². The average Bonchev–Trinajstić information content (AvgIpc) is 2.15. The van der Waals surface area contributed by atoms with Gasteiger partial charge in [-0.2, -0.15) is 18.4 Å². The van der Waals surface area contributed by atoms with Gasteiger partial charge in [0.2, 0.25) is 0 Å². The first-order valence-corrected chi connectivity index (χ1v) is 3.48. The van der Waals surface area contributed by atoms with Crippen LogP contribution in [-0.2, 0) is 6.18 Å².